The first-order valence-electron chi connectivity index (χ1n) is 14.9. The van der Waals surface area contributed by atoms with E-state index >= 15 is 4.39 Å². The summed E-state index contributed by atoms with van der Waals surface area (Å²) >= 11 is 6.08. The zero-order chi connectivity index (χ0) is 32.7. The van der Waals surface area contributed by atoms with E-state index in [1.807, 2.05) is 106 Å². The highest BCUT2D eigenvalue weighted by Crippen LogP contribution is 2.67. The van der Waals surface area contributed by atoms with Crippen LogP contribution in [0.2, 0.25) is 15.5 Å². The molecule has 0 atom stereocenters. The number of alkyl halides is 1. The van der Waals surface area contributed by atoms with Gasteiger partial charge in [-0.25, -0.2) is 8.78 Å². The minimum Gasteiger partial charge on any atom is -0.361 e. The SMILES string of the molecule is BC(B)(B)c1ccc(C(B)(B)NC(B)(B)C2(F)C(B)(B)C(B)(B)N(C(=O)c3ccc(F)c(Cl)c3)C(B)(B)C2(B)B)nc1. The number of amides is 1. The van der Waals surface area contributed by atoms with Crippen LogP contribution in [0.3, 0.4) is 0 Å². The molecule has 1 saturated heterocycles. The topological polar surface area (TPSA) is 45.2 Å². The number of nitrogens with one attached hydrogen (secondary N) is 1. The average molecular weight is 571 g/mol. The van der Waals surface area contributed by atoms with Crippen LogP contribution in [0.1, 0.15) is 21.6 Å². The number of carbonyl (C=O) groups is 1. The highest BCUT2D eigenvalue weighted by Gasteiger charge is 2.75. The van der Waals surface area contributed by atoms with E-state index in [9.17, 15) is 9.18 Å². The molecule has 3 rings (SSSR count). The Balaban J connectivity index is 2.16. The normalized spacial score (nSPS) is 20.9. The van der Waals surface area contributed by atoms with Crippen LogP contribution in [-0.2, 0) is 10.5 Å². The molecule has 1 amide bonds. The van der Waals surface area contributed by atoms with Crippen molar-refractivity contribution in [2.75, 3.05) is 0 Å². The molecule has 1 aliphatic rings. The molecule has 1 aromatic carbocycles. The van der Waals surface area contributed by atoms with Crippen LogP contribution in [0.4, 0.5) is 8.78 Å². The Kier molecular flexibility index (Phi) is 8.85. The van der Waals surface area contributed by atoms with Gasteiger partial charge in [0.25, 0.3) is 5.91 Å². The van der Waals surface area contributed by atoms with E-state index in [1.54, 1.807) is 4.90 Å². The van der Waals surface area contributed by atoms with Gasteiger partial charge in [-0.3, -0.25) is 9.78 Å². The molecule has 0 spiro atoms. The van der Waals surface area contributed by atoms with Crippen molar-refractivity contribution in [1.29, 1.82) is 0 Å². The molecule has 1 fully saturated rings. The Morgan fingerprint density at radius 1 is 0.857 bits per heavy atom. The second-order valence-corrected chi connectivity index (χ2v) is 16.8. The van der Waals surface area contributed by atoms with E-state index in [-0.39, 0.29) is 21.6 Å². The number of nitrogens with zero attached hydrogens (tertiary/aromatic N) is 2. The van der Waals surface area contributed by atoms with Crippen LogP contribution in [0, 0.1) is 5.82 Å². The zero-order valence-electron chi connectivity index (χ0n) is 28.4. The van der Waals surface area contributed by atoms with Crippen LogP contribution in [0.5, 0.6) is 0 Å². The predicted molar refractivity (Wildman–Crippen MR) is 214 cm³/mol. The Labute approximate surface area is 269 Å². The summed E-state index contributed by atoms with van der Waals surface area (Å²) in [6, 6.07) is 8.11. The molecule has 0 unspecified atom stereocenters. The highest BCUT2D eigenvalue weighted by atomic mass is 35.5. The van der Waals surface area contributed by atoms with E-state index in [2.05, 4.69) is 34.9 Å². The van der Waals surface area contributed by atoms with Gasteiger partial charge in [0.05, 0.1) is 34.2 Å². The zero-order valence-corrected chi connectivity index (χ0v) is 29.2. The van der Waals surface area contributed by atoms with Gasteiger partial charge in [0, 0.05) is 17.5 Å². The maximum absolute atomic E-state index is 18.8. The van der Waals surface area contributed by atoms with Crippen LogP contribution < -0.4 is 5.32 Å². The van der Waals surface area contributed by atoms with Gasteiger partial charge in [-0.2, -0.15) is 0 Å². The number of hydrogen-bond donors (Lipinski definition) is 1. The van der Waals surface area contributed by atoms with Crippen LogP contribution in [0.25, 0.3) is 0 Å². The predicted octanol–water partition coefficient (Wildman–Crippen LogP) is -11.8. The molecule has 42 heavy (non-hydrogen) atoms. The average Bonchev–Trinajstić information content (AvgIpc) is 2.82. The van der Waals surface area contributed by atoms with Crippen molar-refractivity contribution >= 4 is 135 Å². The fraction of sp³-hybridized carbons (Fsp3) is 0.400. The third-order valence-corrected chi connectivity index (χ3v) is 11.3. The van der Waals surface area contributed by atoms with Crippen LogP contribution >= 0.6 is 11.6 Å². The van der Waals surface area contributed by atoms with Crippen molar-refractivity contribution in [2.24, 2.45) is 0 Å². The lowest BCUT2D eigenvalue weighted by Crippen LogP contribution is -2.89. The fourth-order valence-electron chi connectivity index (χ4n) is 7.85. The molecule has 2 heterocycles. The Hall–Kier alpha value is -1.08. The summed E-state index contributed by atoms with van der Waals surface area (Å²) in [6.07, 6.45) is 1.91. The maximum Gasteiger partial charge on any atom is 0.252 e. The summed E-state index contributed by atoms with van der Waals surface area (Å²) in [4.78, 5) is 20.8. The van der Waals surface area contributed by atoms with Crippen molar-refractivity contribution in [2.45, 2.75) is 42.6 Å². The number of piperidine rings is 1. The van der Waals surface area contributed by atoms with Crippen molar-refractivity contribution in [3.63, 3.8) is 0 Å². The van der Waals surface area contributed by atoms with Gasteiger partial charge in [-0.05, 0) is 61.6 Å². The number of likely N-dealkylation sites (tertiary alicyclic amines) is 1. The van der Waals surface area contributed by atoms with Gasteiger partial charge < -0.3 is 10.2 Å². The van der Waals surface area contributed by atoms with Gasteiger partial charge in [0.2, 0.25) is 0 Å². The lowest BCUT2D eigenvalue weighted by molar-refractivity contribution is -0.0359. The standard InChI is InChI=1S/C20H37B15ClF2N3O/c21-13(22,23)8-2-4-11(39-6-8)14(24,25)40-18(30,31)15(38)16(26,27)19(32,33)41(20(34,35)17(15,28)29)12(42)7-1-3-10(37)9(36)5-7/h1-6,40H,21-35H2. The first-order valence-corrected chi connectivity index (χ1v) is 15.2. The number of rotatable bonds is 6. The third-order valence-electron chi connectivity index (χ3n) is 11.0. The Morgan fingerprint density at radius 2 is 1.36 bits per heavy atom. The number of benzene rings is 1. The Bertz CT molecular complexity index is 1360. The smallest absolute Gasteiger partial charge is 0.252 e. The first kappa shape index (κ1) is 35.4. The van der Waals surface area contributed by atoms with Gasteiger partial charge in [-0.1, -0.05) is 22.8 Å². The molecule has 22 heteroatoms. The van der Waals surface area contributed by atoms with E-state index in [0.717, 1.165) is 11.3 Å². The van der Waals surface area contributed by atoms with Gasteiger partial charge >= 0.3 is 0 Å². The summed E-state index contributed by atoms with van der Waals surface area (Å²) in [6.45, 7) is 0. The first-order chi connectivity index (χ1) is 18.6. The molecule has 0 aliphatic carbocycles. The van der Waals surface area contributed by atoms with Gasteiger partial charge in [0.15, 0.2) is 0 Å². The molecule has 1 aliphatic heterocycles. The molecule has 1 aromatic heterocycles. The fourth-order valence-corrected chi connectivity index (χ4v) is 8.03. The minimum atomic E-state index is -1.86. The Morgan fingerprint density at radius 3 is 1.76 bits per heavy atom. The van der Waals surface area contributed by atoms with E-state index in [1.165, 1.54) is 18.2 Å². The summed E-state index contributed by atoms with van der Waals surface area (Å²) in [5.41, 5.74) is 0.360. The third kappa shape index (κ3) is 5.09. The molecular weight excluding hydrogens is 534 g/mol. The molecule has 1 N–H and O–H groups in total. The number of hydrogen-bond acceptors (Lipinski definition) is 3. The molecule has 204 valence electrons. The summed E-state index contributed by atoms with van der Waals surface area (Å²) < 4.78 is 32.8. The second kappa shape index (κ2) is 10.5. The lowest BCUT2D eigenvalue weighted by atomic mass is 9.11. The number of pyridine rings is 1. The van der Waals surface area contributed by atoms with Gasteiger partial charge in [0.1, 0.15) is 100.0 Å². The van der Waals surface area contributed by atoms with E-state index in [4.69, 9.17) is 16.6 Å². The molecule has 4 nitrogen and oxygen atoms in total. The maximum atomic E-state index is 18.8. The lowest BCUT2D eigenvalue weighted by Gasteiger charge is -2.77. The molecule has 0 radical (unpaired) electrons. The highest BCUT2D eigenvalue weighted by molar-refractivity contribution is 6.64. The van der Waals surface area contributed by atoms with Crippen LogP contribution in [-0.4, -0.2) is 155 Å². The van der Waals surface area contributed by atoms with E-state index < -0.39 is 43.3 Å². The molecule has 0 bridgehead atoms. The largest absolute Gasteiger partial charge is 0.361 e. The second-order valence-electron chi connectivity index (χ2n) is 16.4. The number of halogens is 3. The molecule has 2 aromatic rings. The van der Waals surface area contributed by atoms with Crippen LogP contribution in [0.15, 0.2) is 36.5 Å². The van der Waals surface area contributed by atoms with Crippen molar-refractivity contribution in [3.8, 4) is 0 Å². The van der Waals surface area contributed by atoms with Gasteiger partial charge in [-0.15, -0.1) is 0 Å². The number of carbonyl (C=O) groups excluding carboxylic acids is 1. The number of aromatic nitrogens is 1. The summed E-state index contributed by atoms with van der Waals surface area (Å²) in [7, 11) is 29.7. The van der Waals surface area contributed by atoms with Crippen molar-refractivity contribution in [1.82, 2.24) is 15.2 Å². The van der Waals surface area contributed by atoms with Crippen molar-refractivity contribution in [3.05, 3.63) is 64.2 Å². The monoisotopic (exact) mass is 573 g/mol. The van der Waals surface area contributed by atoms with E-state index in [0.29, 0.717) is 0 Å². The quantitative estimate of drug-likeness (QED) is 0.351. The molecular formula is C20H37B15ClF2N3O. The summed E-state index contributed by atoms with van der Waals surface area (Å²) in [5.74, 6) is -0.906. The molecule has 0 saturated carbocycles. The van der Waals surface area contributed by atoms with Crippen molar-refractivity contribution < 1.29 is 13.6 Å². The minimum absolute atomic E-state index is 0.0266. The summed E-state index contributed by atoms with van der Waals surface area (Å²) in [5, 5.41) is -2.32.